The van der Waals surface area contributed by atoms with E-state index in [1.54, 1.807) is 0 Å². The summed E-state index contributed by atoms with van der Waals surface area (Å²) in [5, 5.41) is 3.36. The van der Waals surface area contributed by atoms with Gasteiger partial charge in [0.2, 0.25) is 5.91 Å². The Hall–Kier alpha value is -0.650. The van der Waals surface area contributed by atoms with E-state index in [9.17, 15) is 4.79 Å². The maximum Gasteiger partial charge on any atom is 0.235 e. The van der Waals surface area contributed by atoms with Crippen LogP contribution in [0.4, 0.5) is 0 Å². The molecule has 5 nitrogen and oxygen atoms in total. The van der Waals surface area contributed by atoms with Crippen molar-refractivity contribution in [3.8, 4) is 0 Å². The Morgan fingerprint density at radius 3 is 2.69 bits per heavy atom. The van der Waals surface area contributed by atoms with Crippen molar-refractivity contribution in [3.63, 3.8) is 0 Å². The Morgan fingerprint density at radius 2 is 2.12 bits per heavy atom. The summed E-state index contributed by atoms with van der Waals surface area (Å²) in [5.41, 5.74) is 2.19. The number of nitrogens with zero attached hydrogens (tertiary/aromatic N) is 1. The summed E-state index contributed by atoms with van der Waals surface area (Å²) >= 11 is 0. The molecule has 0 aliphatic carbocycles. The van der Waals surface area contributed by atoms with Crippen LogP contribution in [0.2, 0.25) is 0 Å². The molecule has 0 aromatic rings. The van der Waals surface area contributed by atoms with Crippen LogP contribution in [0.3, 0.4) is 0 Å². The van der Waals surface area contributed by atoms with Crippen LogP contribution in [0.25, 0.3) is 0 Å². The summed E-state index contributed by atoms with van der Waals surface area (Å²) < 4.78 is 0. The van der Waals surface area contributed by atoms with Gasteiger partial charge in [-0.25, -0.2) is 5.84 Å². The highest BCUT2D eigenvalue weighted by Gasteiger charge is 2.20. The van der Waals surface area contributed by atoms with E-state index in [0.717, 1.165) is 32.6 Å². The summed E-state index contributed by atoms with van der Waals surface area (Å²) in [5.74, 6) is 5.01. The van der Waals surface area contributed by atoms with Crippen LogP contribution < -0.4 is 16.6 Å². The molecule has 0 spiro atoms. The molecule has 1 heterocycles. The van der Waals surface area contributed by atoms with Gasteiger partial charge in [-0.3, -0.25) is 15.1 Å². The molecule has 0 aromatic heterocycles. The fourth-order valence-electron chi connectivity index (χ4n) is 2.25. The summed E-state index contributed by atoms with van der Waals surface area (Å²) in [7, 11) is 0. The molecule has 0 radical (unpaired) electrons. The van der Waals surface area contributed by atoms with E-state index in [2.05, 4.69) is 22.6 Å². The molecular weight excluding hydrogens is 204 g/mol. The number of nitrogens with two attached hydrogens (primary N) is 1. The molecule has 94 valence electrons. The molecule has 0 unspecified atom stereocenters. The van der Waals surface area contributed by atoms with Crippen LogP contribution >= 0.6 is 0 Å². The van der Waals surface area contributed by atoms with Gasteiger partial charge in [0, 0.05) is 19.0 Å². The van der Waals surface area contributed by atoms with Gasteiger partial charge in [0.15, 0.2) is 0 Å². The molecule has 5 heteroatoms. The van der Waals surface area contributed by atoms with E-state index >= 15 is 0 Å². The molecule has 0 saturated carbocycles. The van der Waals surface area contributed by atoms with Gasteiger partial charge in [-0.05, 0) is 38.9 Å². The number of nitrogens with one attached hydrogen (secondary N) is 2. The third kappa shape index (κ3) is 4.47. The lowest BCUT2D eigenvalue weighted by atomic mass is 10.0. The van der Waals surface area contributed by atoms with Crippen LogP contribution in [0.15, 0.2) is 0 Å². The van der Waals surface area contributed by atoms with Crippen molar-refractivity contribution in [2.45, 2.75) is 38.6 Å². The molecule has 0 bridgehead atoms. The second-order valence-electron chi connectivity index (χ2n) is 4.33. The zero-order valence-corrected chi connectivity index (χ0v) is 10.2. The Labute approximate surface area is 97.7 Å². The standard InChI is InChI=1S/C11H24N4O/c1-2-8-15(9-5-11(16)14-12)10-3-6-13-7-4-10/h10,13H,2-9,12H2,1H3,(H,14,16). The molecule has 1 amide bonds. The molecule has 4 N–H and O–H groups in total. The maximum atomic E-state index is 11.1. The summed E-state index contributed by atoms with van der Waals surface area (Å²) in [6.07, 6.45) is 4.00. The molecule has 0 aromatic carbocycles. The molecule has 0 atom stereocenters. The number of carbonyl (C=O) groups excluding carboxylic acids is 1. The van der Waals surface area contributed by atoms with Crippen LogP contribution in [0.1, 0.15) is 32.6 Å². The van der Waals surface area contributed by atoms with Gasteiger partial charge in [-0.1, -0.05) is 6.92 Å². The predicted molar refractivity (Wildman–Crippen MR) is 64.7 cm³/mol. The maximum absolute atomic E-state index is 11.1. The Bertz CT molecular complexity index is 204. The van der Waals surface area contributed by atoms with E-state index in [1.807, 2.05) is 0 Å². The fraction of sp³-hybridized carbons (Fsp3) is 0.909. The highest BCUT2D eigenvalue weighted by Crippen LogP contribution is 2.12. The Kier molecular flexibility index (Phi) is 6.37. The number of piperidine rings is 1. The SMILES string of the molecule is CCCN(CCC(=O)NN)C1CCNCC1. The first-order valence-corrected chi connectivity index (χ1v) is 6.22. The number of hydrazine groups is 1. The minimum Gasteiger partial charge on any atom is -0.317 e. The van der Waals surface area contributed by atoms with Crippen LogP contribution in [0, 0.1) is 0 Å². The number of carbonyl (C=O) groups is 1. The zero-order valence-electron chi connectivity index (χ0n) is 10.2. The van der Waals surface area contributed by atoms with E-state index in [1.165, 1.54) is 12.8 Å². The molecule has 1 aliphatic heterocycles. The van der Waals surface area contributed by atoms with Gasteiger partial charge in [0.05, 0.1) is 0 Å². The smallest absolute Gasteiger partial charge is 0.235 e. The van der Waals surface area contributed by atoms with Crippen molar-refractivity contribution < 1.29 is 4.79 Å². The molecule has 1 rings (SSSR count). The number of hydrogen-bond acceptors (Lipinski definition) is 4. The minimum absolute atomic E-state index is 0.0740. The van der Waals surface area contributed by atoms with Crippen LogP contribution in [0.5, 0.6) is 0 Å². The van der Waals surface area contributed by atoms with Crippen molar-refractivity contribution in [2.75, 3.05) is 26.2 Å². The van der Waals surface area contributed by atoms with Gasteiger partial charge in [0.25, 0.3) is 0 Å². The third-order valence-corrected chi connectivity index (χ3v) is 3.12. The highest BCUT2D eigenvalue weighted by molar-refractivity contribution is 5.75. The zero-order chi connectivity index (χ0) is 11.8. The van der Waals surface area contributed by atoms with Gasteiger partial charge >= 0.3 is 0 Å². The second kappa shape index (κ2) is 7.60. The summed E-state index contributed by atoms with van der Waals surface area (Å²) in [6.45, 7) is 6.25. The van der Waals surface area contributed by atoms with Crippen molar-refractivity contribution in [1.29, 1.82) is 0 Å². The van der Waals surface area contributed by atoms with Crippen molar-refractivity contribution >= 4 is 5.91 Å². The van der Waals surface area contributed by atoms with Gasteiger partial charge in [-0.15, -0.1) is 0 Å². The Morgan fingerprint density at radius 1 is 1.44 bits per heavy atom. The van der Waals surface area contributed by atoms with Crippen molar-refractivity contribution in [3.05, 3.63) is 0 Å². The predicted octanol–water partition coefficient (Wildman–Crippen LogP) is -0.170. The second-order valence-corrected chi connectivity index (χ2v) is 4.33. The highest BCUT2D eigenvalue weighted by atomic mass is 16.2. The average molecular weight is 228 g/mol. The fourth-order valence-corrected chi connectivity index (χ4v) is 2.25. The van der Waals surface area contributed by atoms with Gasteiger partial charge in [0.1, 0.15) is 0 Å². The molecule has 1 aliphatic rings. The molecule has 1 saturated heterocycles. The quantitative estimate of drug-likeness (QED) is 0.335. The molecular formula is C11H24N4O. The van der Waals surface area contributed by atoms with Gasteiger partial charge in [-0.2, -0.15) is 0 Å². The third-order valence-electron chi connectivity index (χ3n) is 3.12. The van der Waals surface area contributed by atoms with E-state index in [0.29, 0.717) is 12.5 Å². The molecule has 16 heavy (non-hydrogen) atoms. The van der Waals surface area contributed by atoms with Gasteiger partial charge < -0.3 is 5.32 Å². The number of hydrogen-bond donors (Lipinski definition) is 3. The lowest BCUT2D eigenvalue weighted by Crippen LogP contribution is -2.45. The van der Waals surface area contributed by atoms with Crippen LogP contribution in [-0.2, 0) is 4.79 Å². The van der Waals surface area contributed by atoms with Crippen molar-refractivity contribution in [1.82, 2.24) is 15.6 Å². The Balaban J connectivity index is 2.35. The number of rotatable bonds is 6. The van der Waals surface area contributed by atoms with Crippen molar-refractivity contribution in [2.24, 2.45) is 5.84 Å². The summed E-state index contributed by atoms with van der Waals surface area (Å²) in [4.78, 5) is 13.6. The largest absolute Gasteiger partial charge is 0.317 e. The van der Waals surface area contributed by atoms with Crippen LogP contribution in [-0.4, -0.2) is 43.0 Å². The lowest BCUT2D eigenvalue weighted by Gasteiger charge is -2.34. The number of amides is 1. The average Bonchev–Trinajstić information content (AvgIpc) is 2.35. The minimum atomic E-state index is -0.0740. The van der Waals surface area contributed by atoms with E-state index in [4.69, 9.17) is 5.84 Å². The first-order valence-electron chi connectivity index (χ1n) is 6.22. The normalized spacial score (nSPS) is 17.7. The monoisotopic (exact) mass is 228 g/mol. The summed E-state index contributed by atoms with van der Waals surface area (Å²) in [6, 6.07) is 0.631. The van der Waals surface area contributed by atoms with E-state index in [-0.39, 0.29) is 5.91 Å². The lowest BCUT2D eigenvalue weighted by molar-refractivity contribution is -0.121. The van der Waals surface area contributed by atoms with E-state index < -0.39 is 0 Å². The molecule has 1 fully saturated rings. The first-order chi connectivity index (χ1) is 7.77. The first kappa shape index (κ1) is 13.4. The topological polar surface area (TPSA) is 70.4 Å².